The van der Waals surface area contributed by atoms with Crippen molar-refractivity contribution in [2.24, 2.45) is 0 Å². The van der Waals surface area contributed by atoms with Gasteiger partial charge in [-0.15, -0.1) is 0 Å². The third kappa shape index (κ3) is 4.40. The number of carbonyl (C=O) groups is 1. The lowest BCUT2D eigenvalue weighted by molar-refractivity contribution is -0.126. The van der Waals surface area contributed by atoms with Crippen molar-refractivity contribution in [3.8, 4) is 11.5 Å². The van der Waals surface area contributed by atoms with Crippen molar-refractivity contribution in [1.82, 2.24) is 5.32 Å². The van der Waals surface area contributed by atoms with Crippen LogP contribution in [-0.2, 0) is 4.79 Å². The number of aliphatic hydroxyl groups is 2. The van der Waals surface area contributed by atoms with Crippen LogP contribution in [0.5, 0.6) is 11.5 Å². The summed E-state index contributed by atoms with van der Waals surface area (Å²) in [5, 5.41) is 21.1. The quantitative estimate of drug-likeness (QED) is 0.639. The van der Waals surface area contributed by atoms with Gasteiger partial charge < -0.3 is 25.0 Å². The minimum Gasteiger partial charge on any atom is -0.497 e. The number of nitrogens with one attached hydrogen (secondary N) is 1. The van der Waals surface area contributed by atoms with Crippen molar-refractivity contribution in [3.63, 3.8) is 0 Å². The molecule has 1 amide bonds. The number of ether oxygens (including phenoxy) is 2. The Balaban J connectivity index is 2.50. The Morgan fingerprint density at radius 1 is 1.20 bits per heavy atom. The number of benzene rings is 1. The molecule has 112 valence electrons. The van der Waals surface area contributed by atoms with Crippen LogP contribution in [-0.4, -0.2) is 48.6 Å². The molecule has 0 atom stereocenters. The van der Waals surface area contributed by atoms with E-state index in [9.17, 15) is 15.0 Å². The molecule has 0 aliphatic carbocycles. The number of methoxy groups -OCH3 is 1. The zero-order valence-electron chi connectivity index (χ0n) is 11.8. The fourth-order valence-corrected chi connectivity index (χ4v) is 1.59. The Labute approximate surface area is 118 Å². The van der Waals surface area contributed by atoms with E-state index in [-0.39, 0.29) is 19.8 Å². The molecule has 0 saturated carbocycles. The lowest BCUT2D eigenvalue weighted by Gasteiger charge is -2.29. The van der Waals surface area contributed by atoms with Crippen LogP contribution in [0.15, 0.2) is 24.3 Å². The van der Waals surface area contributed by atoms with E-state index >= 15 is 0 Å². The first-order chi connectivity index (χ1) is 9.59. The fraction of sp³-hybridized carbons (Fsp3) is 0.500. The van der Waals surface area contributed by atoms with Gasteiger partial charge >= 0.3 is 0 Å². The van der Waals surface area contributed by atoms with Crippen LogP contribution in [0, 0.1) is 0 Å². The molecule has 0 bridgehead atoms. The summed E-state index contributed by atoms with van der Waals surface area (Å²) in [6, 6.07) is 6.84. The highest BCUT2D eigenvalue weighted by molar-refractivity contribution is 5.78. The van der Waals surface area contributed by atoms with Gasteiger partial charge in [-0.2, -0.15) is 0 Å². The second-order valence-electron chi connectivity index (χ2n) is 4.46. The predicted octanol–water partition coefficient (Wildman–Crippen LogP) is 0.324. The van der Waals surface area contributed by atoms with Gasteiger partial charge in [0.1, 0.15) is 11.5 Å². The third-order valence-electron chi connectivity index (χ3n) is 3.12. The van der Waals surface area contributed by atoms with Crippen molar-refractivity contribution in [2.75, 3.05) is 26.9 Å². The molecule has 0 spiro atoms. The van der Waals surface area contributed by atoms with Crippen molar-refractivity contribution < 1.29 is 24.5 Å². The Kier molecular flexibility index (Phi) is 6.27. The van der Waals surface area contributed by atoms with Gasteiger partial charge in [0.05, 0.1) is 25.9 Å². The number of rotatable bonds is 8. The van der Waals surface area contributed by atoms with Crippen molar-refractivity contribution in [3.05, 3.63) is 24.3 Å². The molecule has 0 unspecified atom stereocenters. The maximum Gasteiger partial charge on any atom is 0.258 e. The number of amides is 1. The second kappa shape index (κ2) is 7.72. The smallest absolute Gasteiger partial charge is 0.258 e. The summed E-state index contributed by atoms with van der Waals surface area (Å²) in [6.07, 6.45) is 0.425. The van der Waals surface area contributed by atoms with E-state index in [1.54, 1.807) is 38.3 Å². The summed E-state index contributed by atoms with van der Waals surface area (Å²) >= 11 is 0. The van der Waals surface area contributed by atoms with Crippen LogP contribution in [0.25, 0.3) is 0 Å². The van der Waals surface area contributed by atoms with Crippen molar-refractivity contribution in [2.45, 2.75) is 18.9 Å². The fourth-order valence-electron chi connectivity index (χ4n) is 1.59. The van der Waals surface area contributed by atoms with Crippen molar-refractivity contribution in [1.29, 1.82) is 0 Å². The standard InChI is InChI=1S/C14H21NO5/c1-3-14(9-16,10-17)15-13(18)8-20-12-6-4-11(19-2)5-7-12/h4-7,16-17H,3,8-10H2,1-2H3,(H,15,18). The van der Waals surface area contributed by atoms with Crippen LogP contribution in [0.1, 0.15) is 13.3 Å². The molecule has 0 heterocycles. The lowest BCUT2D eigenvalue weighted by atomic mass is 9.98. The first kappa shape index (κ1) is 16.3. The Bertz CT molecular complexity index is 406. The van der Waals surface area contributed by atoms with Gasteiger partial charge in [0.15, 0.2) is 6.61 Å². The third-order valence-corrected chi connectivity index (χ3v) is 3.12. The minimum atomic E-state index is -1.000. The highest BCUT2D eigenvalue weighted by Crippen LogP contribution is 2.17. The average Bonchev–Trinajstić information content (AvgIpc) is 2.51. The summed E-state index contributed by atoms with van der Waals surface area (Å²) in [4.78, 5) is 11.7. The van der Waals surface area contributed by atoms with E-state index in [4.69, 9.17) is 9.47 Å². The summed E-state index contributed by atoms with van der Waals surface area (Å²) in [5.41, 5.74) is -1.000. The number of aliphatic hydroxyl groups excluding tert-OH is 2. The number of carbonyl (C=O) groups excluding carboxylic acids is 1. The van der Waals surface area contributed by atoms with E-state index in [1.165, 1.54) is 0 Å². The second-order valence-corrected chi connectivity index (χ2v) is 4.46. The van der Waals surface area contributed by atoms with Crippen LogP contribution in [0.2, 0.25) is 0 Å². The Hall–Kier alpha value is -1.79. The minimum absolute atomic E-state index is 0.186. The van der Waals surface area contributed by atoms with Gasteiger partial charge in [-0.25, -0.2) is 0 Å². The molecule has 1 rings (SSSR count). The molecule has 3 N–H and O–H groups in total. The molecule has 0 fully saturated rings. The number of hydrogen-bond acceptors (Lipinski definition) is 5. The summed E-state index contributed by atoms with van der Waals surface area (Å²) in [5.74, 6) is 0.842. The molecule has 20 heavy (non-hydrogen) atoms. The van der Waals surface area contributed by atoms with Gasteiger partial charge in [-0.05, 0) is 30.7 Å². The Morgan fingerprint density at radius 2 is 1.75 bits per heavy atom. The molecular formula is C14H21NO5. The van der Waals surface area contributed by atoms with Gasteiger partial charge in [0.2, 0.25) is 0 Å². The van der Waals surface area contributed by atoms with Crippen LogP contribution >= 0.6 is 0 Å². The number of hydrogen-bond donors (Lipinski definition) is 3. The van der Waals surface area contributed by atoms with E-state index in [0.717, 1.165) is 0 Å². The SMILES string of the molecule is CCC(CO)(CO)NC(=O)COc1ccc(OC)cc1. The molecule has 0 radical (unpaired) electrons. The Morgan fingerprint density at radius 3 is 2.20 bits per heavy atom. The zero-order chi connectivity index (χ0) is 15.0. The van der Waals surface area contributed by atoms with E-state index in [0.29, 0.717) is 17.9 Å². The summed E-state index contributed by atoms with van der Waals surface area (Å²) in [6.45, 7) is 0.938. The van der Waals surface area contributed by atoms with Crippen molar-refractivity contribution >= 4 is 5.91 Å². The summed E-state index contributed by atoms with van der Waals surface area (Å²) in [7, 11) is 1.57. The maximum absolute atomic E-state index is 11.7. The maximum atomic E-state index is 11.7. The molecule has 0 saturated heterocycles. The van der Waals surface area contributed by atoms with E-state index < -0.39 is 11.4 Å². The molecule has 1 aromatic carbocycles. The molecule has 6 nitrogen and oxygen atoms in total. The van der Waals surface area contributed by atoms with Crippen LogP contribution < -0.4 is 14.8 Å². The van der Waals surface area contributed by atoms with Gasteiger partial charge in [-0.1, -0.05) is 6.92 Å². The van der Waals surface area contributed by atoms with Gasteiger partial charge in [0.25, 0.3) is 5.91 Å². The topological polar surface area (TPSA) is 88.0 Å². The van der Waals surface area contributed by atoms with Crippen LogP contribution in [0.3, 0.4) is 0 Å². The van der Waals surface area contributed by atoms with Gasteiger partial charge in [-0.3, -0.25) is 4.79 Å². The normalized spacial score (nSPS) is 11.0. The summed E-state index contributed by atoms with van der Waals surface area (Å²) < 4.78 is 10.3. The van der Waals surface area contributed by atoms with Gasteiger partial charge in [0, 0.05) is 0 Å². The average molecular weight is 283 g/mol. The molecular weight excluding hydrogens is 262 g/mol. The highest BCUT2D eigenvalue weighted by atomic mass is 16.5. The molecule has 0 aliphatic heterocycles. The highest BCUT2D eigenvalue weighted by Gasteiger charge is 2.28. The van der Waals surface area contributed by atoms with E-state index in [2.05, 4.69) is 5.32 Å². The van der Waals surface area contributed by atoms with Crippen LogP contribution in [0.4, 0.5) is 0 Å². The molecule has 0 aliphatic rings. The lowest BCUT2D eigenvalue weighted by Crippen LogP contribution is -2.54. The molecule has 6 heteroatoms. The predicted molar refractivity (Wildman–Crippen MR) is 73.8 cm³/mol. The molecule has 1 aromatic rings. The first-order valence-electron chi connectivity index (χ1n) is 6.38. The largest absolute Gasteiger partial charge is 0.497 e. The zero-order valence-corrected chi connectivity index (χ0v) is 11.8. The monoisotopic (exact) mass is 283 g/mol. The van der Waals surface area contributed by atoms with E-state index in [1.807, 2.05) is 0 Å². The molecule has 0 aromatic heterocycles. The first-order valence-corrected chi connectivity index (χ1v) is 6.38.